The monoisotopic (exact) mass is 380 g/mol. The molecule has 3 N–H and O–H groups in total. The average molecular weight is 380 g/mol. The summed E-state index contributed by atoms with van der Waals surface area (Å²) in [5, 5.41) is 0. The van der Waals surface area contributed by atoms with Crippen LogP contribution in [0, 0.1) is 0 Å². The van der Waals surface area contributed by atoms with Crippen LogP contribution in [-0.2, 0) is 26.8 Å². The fourth-order valence-electron chi connectivity index (χ4n) is 1.63. The Kier molecular flexibility index (Phi) is 7.74. The molecule has 2 aromatic carbocycles. The summed E-state index contributed by atoms with van der Waals surface area (Å²) in [5.74, 6) is 1.76. The summed E-state index contributed by atoms with van der Waals surface area (Å²) in [6, 6.07) is 21.1. The van der Waals surface area contributed by atoms with Crippen LogP contribution in [-0.4, -0.2) is 24.4 Å². The van der Waals surface area contributed by atoms with E-state index in [1.54, 1.807) is 0 Å². The lowest BCUT2D eigenvalue weighted by Crippen LogP contribution is -2.21. The fourth-order valence-corrected chi connectivity index (χ4v) is 3.24. The van der Waals surface area contributed by atoms with Crippen LogP contribution in [0.15, 0.2) is 65.6 Å². The molecule has 0 aliphatic heterocycles. The van der Waals surface area contributed by atoms with Gasteiger partial charge in [-0.2, -0.15) is 21.6 Å². The minimum Gasteiger partial charge on any atom is -0.289 e. The van der Waals surface area contributed by atoms with Crippen LogP contribution in [0.3, 0.4) is 0 Å². The molecule has 1 atom stereocenters. The van der Waals surface area contributed by atoms with Gasteiger partial charge < -0.3 is 0 Å². The van der Waals surface area contributed by atoms with Crippen molar-refractivity contribution in [1.82, 2.24) is 0 Å². The molecule has 1 unspecified atom stereocenters. The van der Waals surface area contributed by atoms with Gasteiger partial charge in [0.2, 0.25) is 0 Å². The van der Waals surface area contributed by atoms with Gasteiger partial charge >= 0.3 is 15.6 Å². The second-order valence-electron chi connectivity index (χ2n) is 4.52. The van der Waals surface area contributed by atoms with E-state index in [0.717, 1.165) is 11.6 Å². The lowest BCUT2D eigenvalue weighted by molar-refractivity contribution is -0.0510. The van der Waals surface area contributed by atoms with Gasteiger partial charge in [0.1, 0.15) is 5.75 Å². The van der Waals surface area contributed by atoms with Crippen molar-refractivity contribution in [2.45, 2.75) is 16.2 Å². The number of rotatable bonds is 4. The van der Waals surface area contributed by atoms with Crippen LogP contribution >= 0.6 is 0 Å². The van der Waals surface area contributed by atoms with Crippen molar-refractivity contribution in [3.8, 4) is 0 Å². The molecule has 0 bridgehead atoms. The summed E-state index contributed by atoms with van der Waals surface area (Å²) in [4.78, 5) is 1.36. The molecule has 0 saturated heterocycles. The van der Waals surface area contributed by atoms with E-state index in [1.807, 2.05) is 12.1 Å². The van der Waals surface area contributed by atoms with E-state index in [-0.39, 0.29) is 10.9 Å². The molecule has 2 rings (SSSR count). The van der Waals surface area contributed by atoms with E-state index in [1.165, 1.54) is 10.5 Å². The first-order valence-corrected chi connectivity index (χ1v) is 9.65. The van der Waals surface area contributed by atoms with Crippen molar-refractivity contribution in [2.24, 2.45) is 5.73 Å². The molecule has 0 amide bonds. The van der Waals surface area contributed by atoms with Crippen molar-refractivity contribution in [3.05, 3.63) is 66.2 Å². The van der Waals surface area contributed by atoms with Crippen molar-refractivity contribution in [1.29, 1.82) is 0 Å². The molecule has 0 aromatic heterocycles. The predicted octanol–water partition coefficient (Wildman–Crippen LogP) is 3.17. The van der Waals surface area contributed by atoms with Gasteiger partial charge in [0.05, 0.1) is 0 Å². The minimum atomic E-state index is -5.84. The molecular formula is C15H17F3NO3S2+. The zero-order chi connectivity index (χ0) is 18.2. The molecule has 0 saturated carbocycles. The quantitative estimate of drug-likeness (QED) is 0.485. The molecule has 0 spiro atoms. The van der Waals surface area contributed by atoms with Crippen LogP contribution in [0.4, 0.5) is 13.2 Å². The highest BCUT2D eigenvalue weighted by atomic mass is 32.2. The van der Waals surface area contributed by atoms with Gasteiger partial charge in [-0.15, -0.1) is 0 Å². The number of nitrogens with two attached hydrogens (primary N) is 1. The van der Waals surface area contributed by atoms with E-state index in [9.17, 15) is 13.2 Å². The summed E-state index contributed by atoms with van der Waals surface area (Å²) >= 11 is 0. The second kappa shape index (κ2) is 9.07. The standard InChI is InChI=1S/C14H16NS.CHF3O3S/c15-12-16(14-9-5-2-6-10-14)11-13-7-3-1-4-8-13;2-1(3,4)8(5,6)7/h1-10H,11-12,15H2;(H,5,6,7)/q+1;. The Bertz CT molecular complexity index is 708. The Labute approximate surface area is 141 Å². The van der Waals surface area contributed by atoms with E-state index in [4.69, 9.17) is 18.7 Å². The van der Waals surface area contributed by atoms with Crippen LogP contribution in [0.25, 0.3) is 0 Å². The second-order valence-corrected chi connectivity index (χ2v) is 8.02. The van der Waals surface area contributed by atoms with Crippen LogP contribution in [0.1, 0.15) is 5.56 Å². The average Bonchev–Trinajstić information content (AvgIpc) is 2.53. The van der Waals surface area contributed by atoms with E-state index in [0.29, 0.717) is 0 Å². The van der Waals surface area contributed by atoms with Gasteiger partial charge in [-0.1, -0.05) is 48.5 Å². The first-order valence-electron chi connectivity index (χ1n) is 6.65. The Hall–Kier alpha value is -1.55. The van der Waals surface area contributed by atoms with Crippen LogP contribution < -0.4 is 5.73 Å². The third kappa shape index (κ3) is 6.91. The van der Waals surface area contributed by atoms with Gasteiger partial charge in [0, 0.05) is 16.5 Å². The number of hydrogen-bond donors (Lipinski definition) is 2. The Morgan fingerprint density at radius 2 is 1.38 bits per heavy atom. The Morgan fingerprint density at radius 1 is 0.958 bits per heavy atom. The molecule has 2 aromatic rings. The summed E-state index contributed by atoms with van der Waals surface area (Å²) in [6.45, 7) is 0. The molecular weight excluding hydrogens is 363 g/mol. The maximum atomic E-state index is 10.7. The molecule has 4 nitrogen and oxygen atoms in total. The first-order chi connectivity index (χ1) is 11.1. The van der Waals surface area contributed by atoms with Crippen molar-refractivity contribution >= 4 is 21.0 Å². The number of alkyl halides is 3. The van der Waals surface area contributed by atoms with E-state index >= 15 is 0 Å². The largest absolute Gasteiger partial charge is 0.522 e. The number of benzene rings is 2. The zero-order valence-electron chi connectivity index (χ0n) is 12.5. The predicted molar refractivity (Wildman–Crippen MR) is 88.9 cm³/mol. The first kappa shape index (κ1) is 20.5. The molecule has 0 heterocycles. The van der Waals surface area contributed by atoms with Gasteiger partial charge in [0.25, 0.3) is 0 Å². The van der Waals surface area contributed by atoms with Crippen molar-refractivity contribution < 1.29 is 26.1 Å². The van der Waals surface area contributed by atoms with Gasteiger partial charge in [-0.3, -0.25) is 10.3 Å². The molecule has 0 fully saturated rings. The van der Waals surface area contributed by atoms with Crippen molar-refractivity contribution in [3.63, 3.8) is 0 Å². The molecule has 0 radical (unpaired) electrons. The summed E-state index contributed by atoms with van der Waals surface area (Å²) in [7, 11) is -5.71. The summed E-state index contributed by atoms with van der Waals surface area (Å²) in [6.07, 6.45) is 0. The lowest BCUT2D eigenvalue weighted by atomic mass is 10.2. The van der Waals surface area contributed by atoms with E-state index < -0.39 is 15.6 Å². The summed E-state index contributed by atoms with van der Waals surface area (Å²) in [5.41, 5.74) is 1.69. The Morgan fingerprint density at radius 3 is 1.75 bits per heavy atom. The smallest absolute Gasteiger partial charge is 0.289 e. The Balaban J connectivity index is 0.000000307. The van der Waals surface area contributed by atoms with Gasteiger partial charge in [0.15, 0.2) is 10.8 Å². The van der Waals surface area contributed by atoms with Gasteiger partial charge in [-0.25, -0.2) is 0 Å². The van der Waals surface area contributed by atoms with Crippen molar-refractivity contribution in [2.75, 3.05) is 5.88 Å². The van der Waals surface area contributed by atoms with E-state index in [2.05, 4.69) is 48.5 Å². The number of halogens is 3. The highest BCUT2D eigenvalue weighted by Crippen LogP contribution is 2.20. The third-order valence-corrected chi connectivity index (χ3v) is 5.36. The maximum Gasteiger partial charge on any atom is 0.522 e. The SMILES string of the molecule is NC[S+](Cc1ccccc1)c1ccccc1.O=S(=O)(O)C(F)(F)F. The topological polar surface area (TPSA) is 80.4 Å². The lowest BCUT2D eigenvalue weighted by Gasteiger charge is -2.05. The highest BCUT2D eigenvalue weighted by molar-refractivity contribution is 7.96. The fraction of sp³-hybridized carbons (Fsp3) is 0.200. The number of hydrogen-bond acceptors (Lipinski definition) is 3. The molecule has 0 aliphatic carbocycles. The zero-order valence-corrected chi connectivity index (χ0v) is 14.1. The molecule has 24 heavy (non-hydrogen) atoms. The summed E-state index contributed by atoms with van der Waals surface area (Å²) < 4.78 is 57.5. The van der Waals surface area contributed by atoms with Crippen LogP contribution in [0.2, 0.25) is 0 Å². The normalized spacial score (nSPS) is 12.9. The van der Waals surface area contributed by atoms with Gasteiger partial charge in [-0.05, 0) is 12.1 Å². The van der Waals surface area contributed by atoms with Crippen LogP contribution in [0.5, 0.6) is 0 Å². The minimum absolute atomic E-state index is 0.132. The highest BCUT2D eigenvalue weighted by Gasteiger charge is 2.44. The third-order valence-electron chi connectivity index (χ3n) is 2.75. The maximum absolute atomic E-state index is 10.7. The molecule has 132 valence electrons. The molecule has 9 heteroatoms. The molecule has 0 aliphatic rings.